The Morgan fingerprint density at radius 2 is 2.26 bits per heavy atom. The topological polar surface area (TPSA) is 55.1 Å². The molecular weight excluding hydrogens is 264 g/mol. The molecular formula is C14H13ClN2O2. The third-order valence-electron chi connectivity index (χ3n) is 3.31. The lowest BCUT2D eigenvalue weighted by molar-refractivity contribution is 0.0928. The predicted molar refractivity (Wildman–Crippen MR) is 71.2 cm³/mol. The molecule has 0 aliphatic heterocycles. The predicted octanol–water partition coefficient (Wildman–Crippen LogP) is 2.62. The fourth-order valence-electron chi connectivity index (χ4n) is 2.40. The van der Waals surface area contributed by atoms with Gasteiger partial charge in [-0.05, 0) is 24.5 Å². The summed E-state index contributed by atoms with van der Waals surface area (Å²) in [6.45, 7) is 1.75. The summed E-state index contributed by atoms with van der Waals surface area (Å²) in [6, 6.07) is 9.40. The van der Waals surface area contributed by atoms with Crippen LogP contribution in [-0.2, 0) is 6.42 Å². The van der Waals surface area contributed by atoms with Crippen molar-refractivity contribution in [3.05, 3.63) is 52.9 Å². The van der Waals surface area contributed by atoms with Crippen LogP contribution in [0, 0.1) is 6.92 Å². The molecule has 0 radical (unpaired) electrons. The van der Waals surface area contributed by atoms with Gasteiger partial charge in [0.2, 0.25) is 0 Å². The number of carbonyl (C=O) groups excluding carboxylic acids is 1. The first kappa shape index (κ1) is 12.2. The Bertz CT molecular complexity index is 623. The Labute approximate surface area is 115 Å². The van der Waals surface area contributed by atoms with Gasteiger partial charge in [0.05, 0.1) is 11.4 Å². The highest BCUT2D eigenvalue weighted by Crippen LogP contribution is 2.34. The van der Waals surface area contributed by atoms with Crippen LogP contribution in [0.2, 0.25) is 0 Å². The van der Waals surface area contributed by atoms with Crippen LogP contribution in [0.3, 0.4) is 0 Å². The second-order valence-electron chi connectivity index (χ2n) is 4.69. The highest BCUT2D eigenvalue weighted by Gasteiger charge is 2.32. The zero-order valence-electron chi connectivity index (χ0n) is 10.4. The van der Waals surface area contributed by atoms with E-state index in [4.69, 9.17) is 16.1 Å². The maximum absolute atomic E-state index is 12.1. The van der Waals surface area contributed by atoms with Crippen molar-refractivity contribution >= 4 is 17.5 Å². The van der Waals surface area contributed by atoms with Crippen molar-refractivity contribution in [2.24, 2.45) is 0 Å². The molecule has 1 aromatic carbocycles. The van der Waals surface area contributed by atoms with E-state index in [0.717, 1.165) is 12.0 Å². The van der Waals surface area contributed by atoms with Crippen LogP contribution in [-0.4, -0.2) is 16.4 Å². The summed E-state index contributed by atoms with van der Waals surface area (Å²) in [7, 11) is 0. The third kappa shape index (κ3) is 2.24. The van der Waals surface area contributed by atoms with E-state index in [2.05, 4.69) is 10.5 Å². The standard InChI is InChI=1S/C14H13ClN2O2/c1-8-6-12(17-19-8)14(18)16-13-10-5-3-2-4-9(10)7-11(13)15/h2-6,11,13H,7H2,1H3,(H,16,18). The Balaban J connectivity index is 1.82. The Morgan fingerprint density at radius 3 is 3.00 bits per heavy atom. The van der Waals surface area contributed by atoms with Gasteiger partial charge in [-0.25, -0.2) is 0 Å². The molecule has 0 spiro atoms. The van der Waals surface area contributed by atoms with E-state index in [1.54, 1.807) is 13.0 Å². The molecule has 0 fully saturated rings. The number of fused-ring (bicyclic) bond motifs is 1. The van der Waals surface area contributed by atoms with Gasteiger partial charge in [0, 0.05) is 6.07 Å². The molecule has 2 atom stereocenters. The minimum Gasteiger partial charge on any atom is -0.361 e. The van der Waals surface area contributed by atoms with E-state index in [9.17, 15) is 4.79 Å². The maximum atomic E-state index is 12.1. The summed E-state index contributed by atoms with van der Waals surface area (Å²) in [5.74, 6) is 0.351. The van der Waals surface area contributed by atoms with Gasteiger partial charge >= 0.3 is 0 Å². The van der Waals surface area contributed by atoms with Crippen molar-refractivity contribution in [1.82, 2.24) is 10.5 Å². The quantitative estimate of drug-likeness (QED) is 0.858. The lowest BCUT2D eigenvalue weighted by Crippen LogP contribution is -2.32. The highest BCUT2D eigenvalue weighted by atomic mass is 35.5. The minimum atomic E-state index is -0.260. The molecule has 1 heterocycles. The number of aryl methyl sites for hydroxylation is 1. The maximum Gasteiger partial charge on any atom is 0.274 e. The lowest BCUT2D eigenvalue weighted by atomic mass is 10.1. The molecule has 1 amide bonds. The molecule has 19 heavy (non-hydrogen) atoms. The number of halogens is 1. The number of carbonyl (C=O) groups is 1. The number of aromatic nitrogens is 1. The molecule has 0 saturated heterocycles. The minimum absolute atomic E-state index is 0.130. The average molecular weight is 277 g/mol. The van der Waals surface area contributed by atoms with Crippen molar-refractivity contribution in [2.45, 2.75) is 24.8 Å². The summed E-state index contributed by atoms with van der Waals surface area (Å²) >= 11 is 6.32. The number of alkyl halides is 1. The van der Waals surface area contributed by atoms with Gasteiger partial charge in [-0.2, -0.15) is 0 Å². The van der Waals surface area contributed by atoms with Crippen LogP contribution in [0.25, 0.3) is 0 Å². The smallest absolute Gasteiger partial charge is 0.274 e. The number of hydrogen-bond acceptors (Lipinski definition) is 3. The lowest BCUT2D eigenvalue weighted by Gasteiger charge is -2.16. The Morgan fingerprint density at radius 1 is 1.47 bits per heavy atom. The molecule has 2 unspecified atom stereocenters. The zero-order valence-corrected chi connectivity index (χ0v) is 11.1. The van der Waals surface area contributed by atoms with Crippen LogP contribution in [0.4, 0.5) is 0 Å². The van der Waals surface area contributed by atoms with Crippen molar-refractivity contribution in [2.75, 3.05) is 0 Å². The average Bonchev–Trinajstić information content (AvgIpc) is 2.95. The van der Waals surface area contributed by atoms with E-state index in [0.29, 0.717) is 5.76 Å². The van der Waals surface area contributed by atoms with Gasteiger partial charge < -0.3 is 9.84 Å². The first-order valence-corrected chi connectivity index (χ1v) is 6.55. The number of amides is 1. The summed E-state index contributed by atoms with van der Waals surface area (Å²) in [5, 5.41) is 6.50. The van der Waals surface area contributed by atoms with Crippen molar-refractivity contribution in [3.63, 3.8) is 0 Å². The highest BCUT2D eigenvalue weighted by molar-refractivity contribution is 6.21. The molecule has 5 heteroatoms. The number of benzene rings is 1. The number of nitrogens with zero attached hydrogens (tertiary/aromatic N) is 1. The summed E-state index contributed by atoms with van der Waals surface area (Å²) in [4.78, 5) is 12.1. The van der Waals surface area contributed by atoms with Crippen molar-refractivity contribution < 1.29 is 9.32 Å². The van der Waals surface area contributed by atoms with Crippen LogP contribution in [0.1, 0.15) is 33.4 Å². The van der Waals surface area contributed by atoms with Crippen LogP contribution >= 0.6 is 11.6 Å². The van der Waals surface area contributed by atoms with E-state index < -0.39 is 0 Å². The molecule has 4 nitrogen and oxygen atoms in total. The van der Waals surface area contributed by atoms with Crippen molar-refractivity contribution in [1.29, 1.82) is 0 Å². The van der Waals surface area contributed by atoms with Gasteiger partial charge in [-0.1, -0.05) is 29.4 Å². The fourth-order valence-corrected chi connectivity index (χ4v) is 2.77. The van der Waals surface area contributed by atoms with E-state index in [1.807, 2.05) is 24.3 Å². The zero-order chi connectivity index (χ0) is 13.4. The van der Waals surface area contributed by atoms with E-state index in [-0.39, 0.29) is 23.0 Å². The van der Waals surface area contributed by atoms with Gasteiger partial charge in [-0.15, -0.1) is 11.6 Å². The SMILES string of the molecule is Cc1cc(C(=O)NC2c3ccccc3CC2Cl)no1. The fraction of sp³-hybridized carbons (Fsp3) is 0.286. The van der Waals surface area contributed by atoms with Gasteiger partial charge in [0.25, 0.3) is 5.91 Å². The summed E-state index contributed by atoms with van der Waals surface area (Å²) in [6.07, 6.45) is 0.764. The second kappa shape index (κ2) is 4.70. The van der Waals surface area contributed by atoms with Crippen molar-refractivity contribution in [3.8, 4) is 0 Å². The van der Waals surface area contributed by atoms with Gasteiger partial charge in [-0.3, -0.25) is 4.79 Å². The van der Waals surface area contributed by atoms with Crippen LogP contribution < -0.4 is 5.32 Å². The Kier molecular flexibility index (Phi) is 3.03. The number of nitrogens with one attached hydrogen (secondary N) is 1. The van der Waals surface area contributed by atoms with Crippen LogP contribution in [0.5, 0.6) is 0 Å². The molecule has 3 rings (SSSR count). The number of hydrogen-bond donors (Lipinski definition) is 1. The molecule has 1 aromatic heterocycles. The number of rotatable bonds is 2. The summed E-state index contributed by atoms with van der Waals surface area (Å²) in [5.41, 5.74) is 2.55. The molecule has 2 aromatic rings. The monoisotopic (exact) mass is 276 g/mol. The molecule has 98 valence electrons. The van der Waals surface area contributed by atoms with Gasteiger partial charge in [0.15, 0.2) is 5.69 Å². The van der Waals surface area contributed by atoms with E-state index in [1.165, 1.54) is 5.56 Å². The molecule has 1 aliphatic rings. The molecule has 0 bridgehead atoms. The van der Waals surface area contributed by atoms with E-state index >= 15 is 0 Å². The Hall–Kier alpha value is -1.81. The molecule has 1 aliphatic carbocycles. The van der Waals surface area contributed by atoms with Gasteiger partial charge in [0.1, 0.15) is 5.76 Å². The molecule has 1 N–H and O–H groups in total. The first-order valence-electron chi connectivity index (χ1n) is 6.11. The van der Waals surface area contributed by atoms with Crippen LogP contribution in [0.15, 0.2) is 34.9 Å². The second-order valence-corrected chi connectivity index (χ2v) is 5.25. The third-order valence-corrected chi connectivity index (χ3v) is 3.72. The first-order chi connectivity index (χ1) is 9.15. The largest absolute Gasteiger partial charge is 0.361 e. The summed E-state index contributed by atoms with van der Waals surface area (Å²) < 4.78 is 4.90. The normalized spacial score (nSPS) is 21.2. The molecule has 0 saturated carbocycles.